The summed E-state index contributed by atoms with van der Waals surface area (Å²) in [5.41, 5.74) is 0.677. The number of benzene rings is 2. The molecule has 0 atom stereocenters. The topological polar surface area (TPSA) is 136 Å². The average molecular weight is 417 g/mol. The Kier molecular flexibility index (Phi) is 5.59. The van der Waals surface area contributed by atoms with Crippen LogP contribution < -0.4 is 4.72 Å². The molecule has 1 N–H and O–H groups in total. The standard InChI is InChI=1S/C18H15N3O7S/c22-17(20-11-12-28-18(20)23)10-3-13-1-4-14(5-2-13)19-29(26,27)16-8-6-15(7-9-16)21(24)25/h1-10,19H,11-12H2/b10-3+. The Bertz CT molecular complexity index is 1080. The van der Waals surface area contributed by atoms with Crippen LogP contribution in [0.1, 0.15) is 5.56 Å². The van der Waals surface area contributed by atoms with Crippen LogP contribution in [0, 0.1) is 10.1 Å². The number of carbonyl (C=O) groups excluding carboxylic acids is 2. The summed E-state index contributed by atoms with van der Waals surface area (Å²) in [4.78, 5) is 34.1. The second kappa shape index (κ2) is 8.10. The van der Waals surface area contributed by atoms with E-state index in [2.05, 4.69) is 9.46 Å². The van der Waals surface area contributed by atoms with Crippen molar-refractivity contribution in [2.45, 2.75) is 4.90 Å². The van der Waals surface area contributed by atoms with Gasteiger partial charge in [-0.3, -0.25) is 19.6 Å². The molecule has 0 aliphatic carbocycles. The molecule has 29 heavy (non-hydrogen) atoms. The van der Waals surface area contributed by atoms with Gasteiger partial charge in [0.05, 0.1) is 16.4 Å². The molecular weight excluding hydrogens is 402 g/mol. The van der Waals surface area contributed by atoms with Crippen LogP contribution in [0.4, 0.5) is 16.2 Å². The van der Waals surface area contributed by atoms with E-state index >= 15 is 0 Å². The molecule has 0 aromatic heterocycles. The lowest BCUT2D eigenvalue weighted by atomic mass is 10.2. The molecule has 1 aliphatic heterocycles. The third-order valence-electron chi connectivity index (χ3n) is 3.97. The fourth-order valence-corrected chi connectivity index (χ4v) is 3.53. The van der Waals surface area contributed by atoms with Crippen molar-refractivity contribution in [3.05, 3.63) is 70.3 Å². The minimum absolute atomic E-state index is 0.116. The number of sulfonamides is 1. The van der Waals surface area contributed by atoms with Gasteiger partial charge in [0, 0.05) is 23.9 Å². The van der Waals surface area contributed by atoms with E-state index in [1.54, 1.807) is 12.1 Å². The van der Waals surface area contributed by atoms with E-state index in [1.807, 2.05) is 0 Å². The lowest BCUT2D eigenvalue weighted by Crippen LogP contribution is -2.29. The highest BCUT2D eigenvalue weighted by Crippen LogP contribution is 2.20. The van der Waals surface area contributed by atoms with Gasteiger partial charge in [-0.05, 0) is 35.9 Å². The van der Waals surface area contributed by atoms with E-state index in [-0.39, 0.29) is 29.4 Å². The summed E-state index contributed by atoms with van der Waals surface area (Å²) < 4.78 is 31.8. The molecule has 2 aromatic carbocycles. The molecule has 0 radical (unpaired) electrons. The van der Waals surface area contributed by atoms with Crippen molar-refractivity contribution in [3.63, 3.8) is 0 Å². The number of rotatable bonds is 6. The first-order valence-corrected chi connectivity index (χ1v) is 9.78. The highest BCUT2D eigenvalue weighted by atomic mass is 32.2. The van der Waals surface area contributed by atoms with Gasteiger partial charge in [0.1, 0.15) is 6.61 Å². The van der Waals surface area contributed by atoms with Gasteiger partial charge >= 0.3 is 6.09 Å². The zero-order valence-corrected chi connectivity index (χ0v) is 15.7. The molecule has 0 bridgehead atoms. The lowest BCUT2D eigenvalue weighted by Gasteiger charge is -2.08. The minimum atomic E-state index is -3.91. The molecule has 150 valence electrons. The van der Waals surface area contributed by atoms with E-state index in [4.69, 9.17) is 0 Å². The van der Waals surface area contributed by atoms with Gasteiger partial charge in [-0.2, -0.15) is 0 Å². The lowest BCUT2D eigenvalue weighted by molar-refractivity contribution is -0.384. The molecular formula is C18H15N3O7S. The molecule has 0 saturated carbocycles. The average Bonchev–Trinajstić information content (AvgIpc) is 3.13. The number of nitro groups is 1. The first-order valence-electron chi connectivity index (χ1n) is 8.30. The van der Waals surface area contributed by atoms with E-state index in [0.29, 0.717) is 5.56 Å². The first kappa shape index (κ1) is 20.0. The monoisotopic (exact) mass is 417 g/mol. The predicted molar refractivity (Wildman–Crippen MR) is 102 cm³/mol. The molecule has 2 aromatic rings. The molecule has 1 fully saturated rings. The smallest absolute Gasteiger partial charge is 0.416 e. The number of ether oxygens (including phenoxy) is 1. The van der Waals surface area contributed by atoms with E-state index in [0.717, 1.165) is 29.2 Å². The number of nitrogens with one attached hydrogen (secondary N) is 1. The summed E-state index contributed by atoms with van der Waals surface area (Å²) >= 11 is 0. The third-order valence-corrected chi connectivity index (χ3v) is 5.36. The molecule has 3 rings (SSSR count). The highest BCUT2D eigenvalue weighted by Gasteiger charge is 2.26. The largest absolute Gasteiger partial charge is 0.447 e. The maximum absolute atomic E-state index is 12.4. The Labute approximate surface area is 165 Å². The second-order valence-electron chi connectivity index (χ2n) is 5.92. The Morgan fingerprint density at radius 2 is 1.79 bits per heavy atom. The molecule has 1 saturated heterocycles. The molecule has 0 unspecified atom stereocenters. The van der Waals surface area contributed by atoms with Crippen molar-refractivity contribution in [2.24, 2.45) is 0 Å². The third kappa shape index (κ3) is 4.76. The second-order valence-corrected chi connectivity index (χ2v) is 7.60. The van der Waals surface area contributed by atoms with Crippen molar-refractivity contribution >= 4 is 39.5 Å². The van der Waals surface area contributed by atoms with Crippen molar-refractivity contribution in [2.75, 3.05) is 17.9 Å². The van der Waals surface area contributed by atoms with Crippen LogP contribution in [0.25, 0.3) is 6.08 Å². The zero-order valence-electron chi connectivity index (χ0n) is 14.8. The van der Waals surface area contributed by atoms with Crippen LogP contribution in [0.2, 0.25) is 0 Å². The first-order chi connectivity index (χ1) is 13.8. The van der Waals surface area contributed by atoms with E-state index in [9.17, 15) is 28.1 Å². The summed E-state index contributed by atoms with van der Waals surface area (Å²) in [6.45, 7) is 0.368. The molecule has 2 amide bonds. The van der Waals surface area contributed by atoms with Crippen molar-refractivity contribution in [1.29, 1.82) is 0 Å². The van der Waals surface area contributed by atoms with Gasteiger partial charge in [-0.1, -0.05) is 12.1 Å². The molecule has 10 nitrogen and oxygen atoms in total. The molecule has 1 heterocycles. The maximum atomic E-state index is 12.4. The molecule has 11 heteroatoms. The van der Waals surface area contributed by atoms with Gasteiger partial charge in [0.2, 0.25) is 0 Å². The van der Waals surface area contributed by atoms with Crippen molar-refractivity contribution < 1.29 is 27.7 Å². The number of carbonyl (C=O) groups is 2. The summed E-state index contributed by atoms with van der Waals surface area (Å²) in [6, 6.07) is 10.7. The fraction of sp³-hybridized carbons (Fsp3) is 0.111. The Morgan fingerprint density at radius 1 is 1.14 bits per heavy atom. The molecule has 1 aliphatic rings. The van der Waals surface area contributed by atoms with Gasteiger partial charge in [0.15, 0.2) is 0 Å². The van der Waals surface area contributed by atoms with Crippen molar-refractivity contribution in [3.8, 4) is 0 Å². The van der Waals surface area contributed by atoms with E-state index in [1.165, 1.54) is 24.3 Å². The number of nitro benzene ring substituents is 1. The summed E-state index contributed by atoms with van der Waals surface area (Å²) in [6.07, 6.45) is 2.03. The van der Waals surface area contributed by atoms with Crippen LogP contribution >= 0.6 is 0 Å². The van der Waals surface area contributed by atoms with Crippen LogP contribution in [0.15, 0.2) is 59.5 Å². The number of hydrogen-bond acceptors (Lipinski definition) is 7. The van der Waals surface area contributed by atoms with Crippen molar-refractivity contribution in [1.82, 2.24) is 4.90 Å². The van der Waals surface area contributed by atoms with Gasteiger partial charge in [-0.15, -0.1) is 0 Å². The maximum Gasteiger partial charge on any atom is 0.416 e. The quantitative estimate of drug-likeness (QED) is 0.433. The van der Waals surface area contributed by atoms with Gasteiger partial charge in [-0.25, -0.2) is 18.1 Å². The van der Waals surface area contributed by atoms with Crippen LogP contribution in [0.5, 0.6) is 0 Å². The number of non-ortho nitro benzene ring substituents is 1. The fourth-order valence-electron chi connectivity index (χ4n) is 2.47. The van der Waals surface area contributed by atoms with Crippen LogP contribution in [-0.2, 0) is 19.6 Å². The zero-order chi connectivity index (χ0) is 21.0. The summed E-state index contributed by atoms with van der Waals surface area (Å²) in [7, 11) is -3.91. The molecule has 0 spiro atoms. The number of cyclic esters (lactones) is 1. The summed E-state index contributed by atoms with van der Waals surface area (Å²) in [5.74, 6) is -0.504. The Balaban J connectivity index is 1.66. The number of anilines is 1. The summed E-state index contributed by atoms with van der Waals surface area (Å²) in [5, 5.41) is 10.7. The van der Waals surface area contributed by atoms with Crippen LogP contribution in [-0.4, -0.2) is 43.4 Å². The number of imide groups is 1. The number of amides is 2. The van der Waals surface area contributed by atoms with E-state index < -0.39 is 26.9 Å². The highest BCUT2D eigenvalue weighted by molar-refractivity contribution is 7.92. The number of hydrogen-bond donors (Lipinski definition) is 1. The minimum Gasteiger partial charge on any atom is -0.447 e. The van der Waals surface area contributed by atoms with Gasteiger partial charge in [0.25, 0.3) is 21.6 Å². The van der Waals surface area contributed by atoms with Crippen LogP contribution in [0.3, 0.4) is 0 Å². The predicted octanol–water partition coefficient (Wildman–Crippen LogP) is 2.39. The number of nitrogens with zero attached hydrogens (tertiary/aromatic N) is 2. The Hall–Kier alpha value is -3.73. The SMILES string of the molecule is O=C(/C=C/c1ccc(NS(=O)(=O)c2ccc([N+](=O)[O-])cc2)cc1)N1CCOC1=O. The van der Waals surface area contributed by atoms with Gasteiger partial charge < -0.3 is 4.74 Å². The Morgan fingerprint density at radius 3 is 2.34 bits per heavy atom. The normalized spacial score (nSPS) is 14.1.